The fourth-order valence-corrected chi connectivity index (χ4v) is 6.66. The van der Waals surface area contributed by atoms with Crippen LogP contribution in [0.3, 0.4) is 0 Å². The van der Waals surface area contributed by atoms with Gasteiger partial charge >= 0.3 is 5.97 Å². The summed E-state index contributed by atoms with van der Waals surface area (Å²) in [6.45, 7) is 5.91. The van der Waals surface area contributed by atoms with Crippen LogP contribution < -0.4 is 0 Å². The van der Waals surface area contributed by atoms with E-state index in [1.165, 1.54) is 30.5 Å². The monoisotopic (exact) mass is 540 g/mol. The SMILES string of the molecule is Fc1ccccc1.O=C(O)C(CC1CC1)N1CCC(CN2CCC3(CC2)CC(Cc2ccc(F)cc2)CO3)C1. The molecule has 6 rings (SSSR count). The van der Waals surface area contributed by atoms with Crippen LogP contribution in [0.15, 0.2) is 54.6 Å². The average Bonchev–Trinajstić information content (AvgIpc) is 3.51. The maximum Gasteiger partial charge on any atom is 0.320 e. The van der Waals surface area contributed by atoms with Crippen molar-refractivity contribution in [3.8, 4) is 0 Å². The zero-order valence-corrected chi connectivity index (χ0v) is 22.8. The first-order valence-corrected chi connectivity index (χ1v) is 14.7. The Morgan fingerprint density at radius 2 is 1.62 bits per heavy atom. The van der Waals surface area contributed by atoms with Gasteiger partial charge in [0.15, 0.2) is 0 Å². The third-order valence-corrected chi connectivity index (χ3v) is 9.04. The van der Waals surface area contributed by atoms with Crippen molar-refractivity contribution in [2.45, 2.75) is 63.0 Å². The van der Waals surface area contributed by atoms with Gasteiger partial charge in [-0.3, -0.25) is 9.69 Å². The van der Waals surface area contributed by atoms with Gasteiger partial charge in [-0.05, 0) is 92.7 Å². The highest BCUT2D eigenvalue weighted by Crippen LogP contribution is 2.40. The number of likely N-dealkylation sites (tertiary alicyclic amines) is 2. The summed E-state index contributed by atoms with van der Waals surface area (Å²) in [4.78, 5) is 16.6. The molecule has 3 atom stereocenters. The van der Waals surface area contributed by atoms with Gasteiger partial charge in [-0.2, -0.15) is 0 Å². The molecule has 0 radical (unpaired) electrons. The molecule has 1 N–H and O–H groups in total. The van der Waals surface area contributed by atoms with Gasteiger partial charge in [-0.25, -0.2) is 8.78 Å². The number of rotatable bonds is 8. The minimum absolute atomic E-state index is 0.0293. The van der Waals surface area contributed by atoms with Crippen molar-refractivity contribution < 1.29 is 23.4 Å². The molecule has 5 nitrogen and oxygen atoms in total. The van der Waals surface area contributed by atoms with Gasteiger partial charge in [0.1, 0.15) is 17.7 Å². The second-order valence-corrected chi connectivity index (χ2v) is 12.2. The standard InChI is InChI=1S/C26H37FN2O3.C6H5F/c27-23-5-3-19(4-6-23)13-22-15-26(32-18-22)8-11-28(12-9-26)16-21-7-10-29(17-21)24(25(30)31)14-20-1-2-20;7-6-4-2-1-3-5-6/h3-6,20-22,24H,1-2,7-18H2,(H,30,31);1-5H. The number of carbonyl (C=O) groups is 1. The number of ether oxygens (including phenoxy) is 1. The first-order valence-electron chi connectivity index (χ1n) is 14.7. The van der Waals surface area contributed by atoms with E-state index in [1.807, 2.05) is 12.1 Å². The molecule has 4 aliphatic rings. The lowest BCUT2D eigenvalue weighted by Crippen LogP contribution is -2.46. The van der Waals surface area contributed by atoms with E-state index in [0.29, 0.717) is 17.8 Å². The molecule has 3 aliphatic heterocycles. The van der Waals surface area contributed by atoms with E-state index >= 15 is 0 Å². The van der Waals surface area contributed by atoms with Gasteiger partial charge in [-0.15, -0.1) is 0 Å². The number of halogens is 2. The van der Waals surface area contributed by atoms with Gasteiger partial charge < -0.3 is 14.7 Å². The number of carboxylic acids is 1. The molecule has 0 bridgehead atoms. The maximum absolute atomic E-state index is 13.2. The summed E-state index contributed by atoms with van der Waals surface area (Å²) >= 11 is 0. The van der Waals surface area contributed by atoms with Crippen LogP contribution in [-0.4, -0.2) is 71.8 Å². The number of hydrogen-bond donors (Lipinski definition) is 1. The summed E-state index contributed by atoms with van der Waals surface area (Å²) in [5.74, 6) is 0.767. The molecule has 3 heterocycles. The normalized spacial score (nSPS) is 25.8. The molecular formula is C32H42F2N2O3. The summed E-state index contributed by atoms with van der Waals surface area (Å²) in [5, 5.41) is 9.68. The van der Waals surface area contributed by atoms with Gasteiger partial charge in [-0.1, -0.05) is 43.2 Å². The highest BCUT2D eigenvalue weighted by molar-refractivity contribution is 5.73. The largest absolute Gasteiger partial charge is 0.480 e. The predicted molar refractivity (Wildman–Crippen MR) is 147 cm³/mol. The number of aliphatic carboxylic acids is 1. The highest BCUT2D eigenvalue weighted by Gasteiger charge is 2.43. The summed E-state index contributed by atoms with van der Waals surface area (Å²) < 4.78 is 31.4. The van der Waals surface area contributed by atoms with E-state index in [0.717, 1.165) is 77.9 Å². The minimum Gasteiger partial charge on any atom is -0.480 e. The zero-order valence-electron chi connectivity index (χ0n) is 22.8. The van der Waals surface area contributed by atoms with Crippen LogP contribution in [0.4, 0.5) is 8.78 Å². The molecule has 1 saturated carbocycles. The van der Waals surface area contributed by atoms with Gasteiger partial charge in [0.05, 0.1) is 12.2 Å². The van der Waals surface area contributed by atoms with Gasteiger partial charge in [0.2, 0.25) is 0 Å². The summed E-state index contributed by atoms with van der Waals surface area (Å²) in [7, 11) is 0. The van der Waals surface area contributed by atoms with E-state index in [1.54, 1.807) is 30.3 Å². The van der Waals surface area contributed by atoms with E-state index in [-0.39, 0.29) is 23.3 Å². The summed E-state index contributed by atoms with van der Waals surface area (Å²) in [6, 6.07) is 14.6. The lowest BCUT2D eigenvalue weighted by Gasteiger charge is -2.39. The van der Waals surface area contributed by atoms with Crippen LogP contribution in [-0.2, 0) is 16.0 Å². The number of piperidine rings is 1. The quantitative estimate of drug-likeness (QED) is 0.470. The Balaban J connectivity index is 0.000000384. The number of benzene rings is 2. The molecule has 0 aromatic heterocycles. The number of hydrogen-bond acceptors (Lipinski definition) is 4. The van der Waals surface area contributed by atoms with Crippen LogP contribution in [0.25, 0.3) is 0 Å². The Kier molecular flexibility index (Phi) is 9.31. The Morgan fingerprint density at radius 3 is 2.23 bits per heavy atom. The van der Waals surface area contributed by atoms with Crippen molar-refractivity contribution in [2.24, 2.45) is 17.8 Å². The molecule has 1 spiro atoms. The van der Waals surface area contributed by atoms with Crippen LogP contribution in [0.5, 0.6) is 0 Å². The fraction of sp³-hybridized carbons (Fsp3) is 0.594. The molecule has 4 fully saturated rings. The van der Waals surface area contributed by atoms with Crippen molar-refractivity contribution in [1.82, 2.24) is 9.80 Å². The first-order chi connectivity index (χ1) is 18.9. The lowest BCUT2D eigenvalue weighted by atomic mass is 9.83. The predicted octanol–water partition coefficient (Wildman–Crippen LogP) is 5.64. The smallest absolute Gasteiger partial charge is 0.320 e. The third kappa shape index (κ3) is 8.09. The third-order valence-electron chi connectivity index (χ3n) is 9.04. The molecule has 2 aromatic rings. The van der Waals surface area contributed by atoms with Crippen LogP contribution >= 0.6 is 0 Å². The van der Waals surface area contributed by atoms with E-state index < -0.39 is 5.97 Å². The zero-order chi connectivity index (χ0) is 27.2. The highest BCUT2D eigenvalue weighted by atomic mass is 19.1. The molecule has 2 aromatic carbocycles. The molecule has 3 unspecified atom stereocenters. The topological polar surface area (TPSA) is 53.0 Å². The van der Waals surface area contributed by atoms with E-state index in [4.69, 9.17) is 4.74 Å². The minimum atomic E-state index is -0.633. The van der Waals surface area contributed by atoms with Crippen molar-refractivity contribution in [3.63, 3.8) is 0 Å². The molecule has 7 heteroatoms. The second kappa shape index (κ2) is 12.9. The van der Waals surface area contributed by atoms with Crippen LogP contribution in [0.2, 0.25) is 0 Å². The van der Waals surface area contributed by atoms with E-state index in [9.17, 15) is 18.7 Å². The lowest BCUT2D eigenvalue weighted by molar-refractivity contribution is -0.143. The van der Waals surface area contributed by atoms with Crippen LogP contribution in [0.1, 0.15) is 50.5 Å². The molecule has 39 heavy (non-hydrogen) atoms. The van der Waals surface area contributed by atoms with Gasteiger partial charge in [0, 0.05) is 26.2 Å². The fourth-order valence-electron chi connectivity index (χ4n) is 6.66. The summed E-state index contributed by atoms with van der Waals surface area (Å²) in [6.07, 6.45) is 8.63. The van der Waals surface area contributed by atoms with Crippen molar-refractivity contribution in [1.29, 1.82) is 0 Å². The average molecular weight is 541 g/mol. The molecule has 3 saturated heterocycles. The van der Waals surface area contributed by atoms with Crippen molar-refractivity contribution in [2.75, 3.05) is 39.3 Å². The van der Waals surface area contributed by atoms with Crippen molar-refractivity contribution >= 4 is 5.97 Å². The second-order valence-electron chi connectivity index (χ2n) is 12.2. The molecular weight excluding hydrogens is 498 g/mol. The molecule has 0 amide bonds. The Morgan fingerprint density at radius 1 is 0.923 bits per heavy atom. The number of nitrogens with zero attached hydrogens (tertiary/aromatic N) is 2. The Hall–Kier alpha value is -2.35. The van der Waals surface area contributed by atoms with Crippen LogP contribution in [0, 0.1) is 29.4 Å². The summed E-state index contributed by atoms with van der Waals surface area (Å²) in [5.41, 5.74) is 1.23. The maximum atomic E-state index is 13.2. The molecule has 1 aliphatic carbocycles. The molecule has 212 valence electrons. The van der Waals surface area contributed by atoms with Gasteiger partial charge in [0.25, 0.3) is 0 Å². The Bertz CT molecular complexity index is 1050. The van der Waals surface area contributed by atoms with E-state index in [2.05, 4.69) is 9.80 Å². The number of carboxylic acid groups (broad SMARTS) is 1. The van der Waals surface area contributed by atoms with Crippen molar-refractivity contribution in [3.05, 3.63) is 71.8 Å². The first kappa shape index (κ1) is 28.2. The Labute approximate surface area is 231 Å².